The number of nitrogens with one attached hydrogen (secondary N) is 2. The van der Waals surface area contributed by atoms with Gasteiger partial charge in [0.1, 0.15) is 5.69 Å². The molecule has 0 atom stereocenters. The van der Waals surface area contributed by atoms with Crippen molar-refractivity contribution in [2.75, 3.05) is 5.32 Å². The van der Waals surface area contributed by atoms with Crippen molar-refractivity contribution in [2.24, 2.45) is 5.73 Å². The Hall–Kier alpha value is -3.17. The fourth-order valence-electron chi connectivity index (χ4n) is 3.29. The number of carbonyl (C=O) groups is 2. The lowest BCUT2D eigenvalue weighted by molar-refractivity contribution is 0.0994. The molecule has 4 aromatic rings. The van der Waals surface area contributed by atoms with Gasteiger partial charge >= 0.3 is 0 Å². The summed E-state index contributed by atoms with van der Waals surface area (Å²) in [5.74, 6) is -0.759. The van der Waals surface area contributed by atoms with Gasteiger partial charge in [-0.15, -0.1) is 11.3 Å². The second-order valence-corrected chi connectivity index (χ2v) is 8.53. The molecule has 0 unspecified atom stereocenters. The smallest absolute Gasteiger partial charge is 0.265 e. The molecule has 0 saturated carbocycles. The summed E-state index contributed by atoms with van der Waals surface area (Å²) >= 11 is 4.76. The number of aromatic amines is 1. The molecule has 0 aliphatic rings. The lowest BCUT2D eigenvalue weighted by Gasteiger charge is -2.10. The molecule has 0 spiro atoms. The Morgan fingerprint density at radius 1 is 1.20 bits per heavy atom. The van der Waals surface area contributed by atoms with Gasteiger partial charge in [-0.2, -0.15) is 0 Å². The zero-order chi connectivity index (χ0) is 21.4. The number of nitrogens with zero attached hydrogens (tertiary/aromatic N) is 2. The van der Waals surface area contributed by atoms with Crippen LogP contribution in [-0.4, -0.2) is 26.3 Å². The molecule has 0 saturated heterocycles. The van der Waals surface area contributed by atoms with E-state index in [9.17, 15) is 9.59 Å². The lowest BCUT2D eigenvalue weighted by atomic mass is 10.2. The molecule has 4 rings (SSSR count). The average Bonchev–Trinajstić information content (AvgIpc) is 3.42. The van der Waals surface area contributed by atoms with Crippen molar-refractivity contribution in [2.45, 2.75) is 13.8 Å². The van der Waals surface area contributed by atoms with E-state index in [-0.39, 0.29) is 5.91 Å². The van der Waals surface area contributed by atoms with Gasteiger partial charge in [-0.1, -0.05) is 15.9 Å². The Bertz CT molecular complexity index is 1250. The largest absolute Gasteiger partial charge is 0.364 e. The van der Waals surface area contributed by atoms with Crippen LogP contribution in [0, 0.1) is 13.8 Å². The van der Waals surface area contributed by atoms with Crippen molar-refractivity contribution < 1.29 is 9.59 Å². The van der Waals surface area contributed by atoms with Crippen molar-refractivity contribution in [3.8, 4) is 16.9 Å². The Morgan fingerprint density at radius 3 is 2.60 bits per heavy atom. The van der Waals surface area contributed by atoms with E-state index in [1.165, 1.54) is 11.3 Å². The maximum atomic E-state index is 12.9. The zero-order valence-corrected chi connectivity index (χ0v) is 18.6. The quantitative estimate of drug-likeness (QED) is 0.384. The molecule has 0 bridgehead atoms. The minimum Gasteiger partial charge on any atom is -0.364 e. The number of primary amides is 1. The Kier molecular flexibility index (Phi) is 5.31. The highest BCUT2D eigenvalue weighted by molar-refractivity contribution is 9.10. The van der Waals surface area contributed by atoms with Gasteiger partial charge in [0.15, 0.2) is 5.13 Å². The van der Waals surface area contributed by atoms with E-state index in [4.69, 9.17) is 5.73 Å². The maximum absolute atomic E-state index is 12.9. The molecule has 0 aliphatic carbocycles. The summed E-state index contributed by atoms with van der Waals surface area (Å²) in [5, 5.41) is 5.16. The van der Waals surface area contributed by atoms with Crippen LogP contribution in [0.25, 0.3) is 16.9 Å². The third kappa shape index (κ3) is 3.81. The van der Waals surface area contributed by atoms with Crippen LogP contribution in [0.3, 0.4) is 0 Å². The summed E-state index contributed by atoms with van der Waals surface area (Å²) in [6, 6.07) is 11.4. The van der Waals surface area contributed by atoms with Crippen molar-refractivity contribution in [3.05, 3.63) is 75.1 Å². The fourth-order valence-corrected chi connectivity index (χ4v) is 4.27. The first kappa shape index (κ1) is 20.1. The number of anilines is 1. The number of amides is 2. The molecule has 1 aromatic carbocycles. The highest BCUT2D eigenvalue weighted by Gasteiger charge is 2.18. The van der Waals surface area contributed by atoms with Gasteiger partial charge in [0.2, 0.25) is 0 Å². The van der Waals surface area contributed by atoms with Crippen LogP contribution in [0.2, 0.25) is 0 Å². The van der Waals surface area contributed by atoms with E-state index < -0.39 is 5.91 Å². The maximum Gasteiger partial charge on any atom is 0.265 e. The van der Waals surface area contributed by atoms with Crippen molar-refractivity contribution >= 4 is 44.2 Å². The summed E-state index contributed by atoms with van der Waals surface area (Å²) in [6.45, 7) is 3.89. The Morgan fingerprint density at radius 2 is 1.93 bits per heavy atom. The summed E-state index contributed by atoms with van der Waals surface area (Å²) in [7, 11) is 0. The summed E-state index contributed by atoms with van der Waals surface area (Å²) < 4.78 is 3.04. The number of aryl methyl sites for hydroxylation is 1. The van der Waals surface area contributed by atoms with Crippen LogP contribution in [0.15, 0.2) is 52.4 Å². The lowest BCUT2D eigenvalue weighted by Crippen LogP contribution is -2.13. The van der Waals surface area contributed by atoms with Gasteiger partial charge in [0, 0.05) is 38.7 Å². The Labute approximate surface area is 185 Å². The normalized spacial score (nSPS) is 10.9. The first-order valence-electron chi connectivity index (χ1n) is 9.04. The van der Waals surface area contributed by atoms with Gasteiger partial charge < -0.3 is 15.3 Å². The number of hydrogen-bond acceptors (Lipinski definition) is 4. The minimum atomic E-state index is -0.536. The molecule has 2 amide bonds. The summed E-state index contributed by atoms with van der Waals surface area (Å²) in [4.78, 5) is 31.4. The van der Waals surface area contributed by atoms with Crippen LogP contribution in [0.1, 0.15) is 32.2 Å². The van der Waals surface area contributed by atoms with Gasteiger partial charge in [-0.05, 0) is 50.2 Å². The zero-order valence-electron chi connectivity index (χ0n) is 16.2. The first-order valence-corrected chi connectivity index (χ1v) is 10.7. The van der Waals surface area contributed by atoms with Gasteiger partial charge in [0.25, 0.3) is 11.8 Å². The molecular formula is C21H18BrN5O2S. The van der Waals surface area contributed by atoms with E-state index in [1.807, 2.05) is 54.1 Å². The van der Waals surface area contributed by atoms with Crippen LogP contribution < -0.4 is 11.1 Å². The number of benzene rings is 1. The third-order valence-corrected chi connectivity index (χ3v) is 6.02. The van der Waals surface area contributed by atoms with E-state index >= 15 is 0 Å². The second kappa shape index (κ2) is 7.92. The molecule has 7 nitrogen and oxygen atoms in total. The van der Waals surface area contributed by atoms with Gasteiger partial charge in [0.05, 0.1) is 11.3 Å². The molecule has 3 aromatic heterocycles. The van der Waals surface area contributed by atoms with Crippen LogP contribution >= 0.6 is 27.3 Å². The monoisotopic (exact) mass is 483 g/mol. The van der Waals surface area contributed by atoms with Gasteiger partial charge in [-0.3, -0.25) is 14.9 Å². The number of carbonyl (C=O) groups excluding carboxylic acids is 2. The van der Waals surface area contributed by atoms with E-state index in [1.54, 1.807) is 12.3 Å². The molecule has 4 N–H and O–H groups in total. The summed E-state index contributed by atoms with van der Waals surface area (Å²) in [6.07, 6.45) is 1.66. The topological polar surface area (TPSA) is 106 Å². The third-order valence-electron chi connectivity index (χ3n) is 4.73. The number of aromatic nitrogens is 3. The molecule has 0 aliphatic heterocycles. The van der Waals surface area contributed by atoms with Crippen molar-refractivity contribution in [1.82, 2.24) is 14.5 Å². The standard InChI is InChI=1S/C21H18BrN5O2S/c1-11-7-16(12(2)27(11)15-5-3-14(22)4-6-15)20(29)26-21-25-18(10-30-21)13-8-17(19(23)28)24-9-13/h3-10,24H,1-2H3,(H2,23,28)(H,25,26,29). The van der Waals surface area contributed by atoms with Crippen LogP contribution in [-0.2, 0) is 0 Å². The second-order valence-electron chi connectivity index (χ2n) is 6.75. The predicted molar refractivity (Wildman–Crippen MR) is 121 cm³/mol. The first-order chi connectivity index (χ1) is 14.3. The van der Waals surface area contributed by atoms with Crippen LogP contribution in [0.4, 0.5) is 5.13 Å². The number of thiazole rings is 1. The van der Waals surface area contributed by atoms with Crippen LogP contribution in [0.5, 0.6) is 0 Å². The van der Waals surface area contributed by atoms with Crippen molar-refractivity contribution in [3.63, 3.8) is 0 Å². The molecule has 0 fully saturated rings. The van der Waals surface area contributed by atoms with E-state index in [2.05, 4.69) is 31.2 Å². The number of rotatable bonds is 5. The molecule has 3 heterocycles. The molecule has 9 heteroatoms. The van der Waals surface area contributed by atoms with E-state index in [0.29, 0.717) is 22.1 Å². The number of H-pyrrole nitrogens is 1. The number of halogens is 1. The van der Waals surface area contributed by atoms with Crippen molar-refractivity contribution in [1.29, 1.82) is 0 Å². The number of hydrogen-bond donors (Lipinski definition) is 3. The summed E-state index contributed by atoms with van der Waals surface area (Å²) in [5.41, 5.74) is 10.3. The number of nitrogens with two attached hydrogens (primary N) is 1. The highest BCUT2D eigenvalue weighted by atomic mass is 79.9. The van der Waals surface area contributed by atoms with E-state index in [0.717, 1.165) is 27.1 Å². The minimum absolute atomic E-state index is 0.223. The SMILES string of the molecule is Cc1cc(C(=O)Nc2nc(-c3c[nH]c(C(N)=O)c3)cs2)c(C)n1-c1ccc(Br)cc1. The predicted octanol–water partition coefficient (Wildman–Crippen LogP) is 4.66. The Balaban J connectivity index is 1.56. The molecular weight excluding hydrogens is 466 g/mol. The van der Waals surface area contributed by atoms with Gasteiger partial charge in [-0.25, -0.2) is 4.98 Å². The highest BCUT2D eigenvalue weighted by Crippen LogP contribution is 2.27. The molecule has 152 valence electrons. The fraction of sp³-hybridized carbons (Fsp3) is 0.0952. The molecule has 30 heavy (non-hydrogen) atoms. The molecule has 0 radical (unpaired) electrons. The average molecular weight is 484 g/mol.